The second-order valence-electron chi connectivity index (χ2n) is 12.3. The molecular formula is C35H41N4O7+. The second kappa shape index (κ2) is 13.5. The Morgan fingerprint density at radius 3 is 2.57 bits per heavy atom. The van der Waals surface area contributed by atoms with E-state index in [4.69, 9.17) is 14.2 Å². The maximum atomic E-state index is 13.0. The number of hydrogen-bond acceptors (Lipinski definition) is 7. The molecule has 0 aromatic heterocycles. The number of amides is 2. The largest absolute Gasteiger partial charge is 0.488 e. The summed E-state index contributed by atoms with van der Waals surface area (Å²) in [7, 11) is 5.65. The maximum absolute atomic E-state index is 13.0. The van der Waals surface area contributed by atoms with Gasteiger partial charge < -0.3 is 34.9 Å². The van der Waals surface area contributed by atoms with E-state index in [0.717, 1.165) is 29.8 Å². The number of hydrogen-bond donors (Lipinski definition) is 3. The number of benzene rings is 1. The number of carbonyl (C=O) groups is 3. The van der Waals surface area contributed by atoms with Crippen molar-refractivity contribution in [3.05, 3.63) is 83.5 Å². The summed E-state index contributed by atoms with van der Waals surface area (Å²) in [6.45, 7) is 1.16. The van der Waals surface area contributed by atoms with Gasteiger partial charge in [-0.2, -0.15) is 0 Å². The van der Waals surface area contributed by atoms with Gasteiger partial charge in [-0.1, -0.05) is 36.5 Å². The highest BCUT2D eigenvalue weighted by molar-refractivity contribution is 6.13. The van der Waals surface area contributed by atoms with E-state index in [9.17, 15) is 19.5 Å². The third-order valence-electron chi connectivity index (χ3n) is 9.62. The first-order valence-electron chi connectivity index (χ1n) is 15.7. The Kier molecular flexibility index (Phi) is 9.23. The molecule has 1 saturated carbocycles. The Labute approximate surface area is 268 Å². The van der Waals surface area contributed by atoms with E-state index >= 15 is 0 Å². The molecule has 1 aromatic carbocycles. The van der Waals surface area contributed by atoms with Crippen LogP contribution in [-0.2, 0) is 23.9 Å². The van der Waals surface area contributed by atoms with Crippen LogP contribution in [0.15, 0.2) is 78.0 Å². The third kappa shape index (κ3) is 6.29. The zero-order valence-electron chi connectivity index (χ0n) is 26.3. The SMILES string of the molecule is COC1CC2C=C3COc4cc(N5CC(C(=O)NC(CNC(=O)C6=C/C=C\C=C/C=C\6)C(=O)O)C5)ccc4C3=[N+](C)C2CC1OC. The van der Waals surface area contributed by atoms with Crippen LogP contribution in [-0.4, -0.2) is 105 Å². The van der Waals surface area contributed by atoms with Crippen molar-refractivity contribution in [2.75, 3.05) is 52.4 Å². The van der Waals surface area contributed by atoms with Gasteiger partial charge in [-0.05, 0) is 30.7 Å². The molecule has 0 bridgehead atoms. The van der Waals surface area contributed by atoms with Gasteiger partial charge in [-0.15, -0.1) is 0 Å². The molecule has 6 rings (SSSR count). The highest BCUT2D eigenvalue weighted by atomic mass is 16.5. The molecule has 11 nitrogen and oxygen atoms in total. The summed E-state index contributed by atoms with van der Waals surface area (Å²) < 4.78 is 20.1. The van der Waals surface area contributed by atoms with E-state index < -0.39 is 17.9 Å². The summed E-state index contributed by atoms with van der Waals surface area (Å²) in [5, 5.41) is 14.9. The van der Waals surface area contributed by atoms with E-state index in [1.54, 1.807) is 50.7 Å². The van der Waals surface area contributed by atoms with Crippen molar-refractivity contribution in [1.82, 2.24) is 10.6 Å². The van der Waals surface area contributed by atoms with E-state index in [0.29, 0.717) is 37.2 Å². The molecule has 3 aliphatic heterocycles. The predicted molar refractivity (Wildman–Crippen MR) is 172 cm³/mol. The molecule has 5 atom stereocenters. The molecule has 2 aliphatic carbocycles. The number of fused-ring (bicyclic) bond motifs is 4. The monoisotopic (exact) mass is 629 g/mol. The van der Waals surface area contributed by atoms with Crippen LogP contribution >= 0.6 is 0 Å². The molecule has 3 heterocycles. The molecule has 1 saturated heterocycles. The van der Waals surface area contributed by atoms with Crippen molar-refractivity contribution >= 4 is 29.2 Å². The average Bonchev–Trinajstić information content (AvgIpc) is 3.01. The molecule has 242 valence electrons. The number of rotatable bonds is 9. The molecule has 2 fully saturated rings. The van der Waals surface area contributed by atoms with E-state index in [1.807, 2.05) is 18.2 Å². The fraction of sp³-hybridized carbons (Fsp3) is 0.429. The van der Waals surface area contributed by atoms with Crippen LogP contribution in [0.1, 0.15) is 18.4 Å². The van der Waals surface area contributed by atoms with E-state index in [-0.39, 0.29) is 30.6 Å². The number of carboxylic acid groups (broad SMARTS) is 1. The van der Waals surface area contributed by atoms with Crippen LogP contribution in [0.5, 0.6) is 5.75 Å². The Morgan fingerprint density at radius 2 is 1.80 bits per heavy atom. The number of aliphatic carboxylic acids is 1. The van der Waals surface area contributed by atoms with Crippen molar-refractivity contribution in [3.63, 3.8) is 0 Å². The van der Waals surface area contributed by atoms with Gasteiger partial charge in [-0.25, -0.2) is 9.37 Å². The first kappa shape index (κ1) is 31.5. The number of ether oxygens (including phenoxy) is 3. The molecule has 1 aromatic rings. The molecule has 46 heavy (non-hydrogen) atoms. The number of methoxy groups -OCH3 is 2. The number of nitrogens with zero attached hydrogens (tertiary/aromatic N) is 2. The van der Waals surface area contributed by atoms with Gasteiger partial charge in [0.15, 0.2) is 6.04 Å². The lowest BCUT2D eigenvalue weighted by Gasteiger charge is -2.41. The normalized spacial score (nSPS) is 29.0. The van der Waals surface area contributed by atoms with Gasteiger partial charge in [0.25, 0.3) is 5.91 Å². The summed E-state index contributed by atoms with van der Waals surface area (Å²) >= 11 is 0. The molecule has 2 amide bonds. The Balaban J connectivity index is 1.06. The fourth-order valence-corrected chi connectivity index (χ4v) is 7.01. The lowest BCUT2D eigenvalue weighted by atomic mass is 9.76. The van der Waals surface area contributed by atoms with Crippen LogP contribution in [0.3, 0.4) is 0 Å². The summed E-state index contributed by atoms with van der Waals surface area (Å²) in [5.41, 5.74) is 4.75. The maximum Gasteiger partial charge on any atom is 0.328 e. The number of nitrogens with one attached hydrogen (secondary N) is 2. The molecule has 5 aliphatic rings. The Hall–Kier alpha value is -4.48. The Morgan fingerprint density at radius 1 is 1.07 bits per heavy atom. The Bertz CT molecular complexity index is 1580. The van der Waals surface area contributed by atoms with Gasteiger partial charge in [0.05, 0.1) is 29.3 Å². The molecule has 5 unspecified atom stereocenters. The van der Waals surface area contributed by atoms with Crippen molar-refractivity contribution in [1.29, 1.82) is 0 Å². The minimum atomic E-state index is -1.24. The molecule has 0 radical (unpaired) electrons. The number of carboxylic acids is 1. The highest BCUT2D eigenvalue weighted by Crippen LogP contribution is 2.40. The van der Waals surface area contributed by atoms with E-state index in [2.05, 4.69) is 39.3 Å². The average molecular weight is 630 g/mol. The molecular weight excluding hydrogens is 588 g/mol. The first-order chi connectivity index (χ1) is 22.3. The molecule has 0 spiro atoms. The number of carbonyl (C=O) groups excluding carboxylic acids is 2. The first-order valence-corrected chi connectivity index (χ1v) is 15.7. The predicted octanol–water partition coefficient (Wildman–Crippen LogP) is 1.99. The summed E-state index contributed by atoms with van der Waals surface area (Å²) in [6.07, 6.45) is 16.4. The summed E-state index contributed by atoms with van der Waals surface area (Å²) in [4.78, 5) is 39.5. The van der Waals surface area contributed by atoms with Gasteiger partial charge in [-0.3, -0.25) is 9.59 Å². The van der Waals surface area contributed by atoms with Gasteiger partial charge in [0.1, 0.15) is 25.4 Å². The van der Waals surface area contributed by atoms with Gasteiger partial charge in [0, 0.05) is 63.5 Å². The quantitative estimate of drug-likeness (QED) is 0.354. The fourth-order valence-electron chi connectivity index (χ4n) is 7.01. The number of allylic oxidation sites excluding steroid dienone is 6. The highest BCUT2D eigenvalue weighted by Gasteiger charge is 2.47. The minimum Gasteiger partial charge on any atom is -0.488 e. The second-order valence-corrected chi connectivity index (χ2v) is 12.3. The zero-order chi connectivity index (χ0) is 32.4. The van der Waals surface area contributed by atoms with Gasteiger partial charge >= 0.3 is 5.97 Å². The van der Waals surface area contributed by atoms with Crippen molar-refractivity contribution in [2.45, 2.75) is 37.1 Å². The van der Waals surface area contributed by atoms with Crippen LogP contribution < -0.4 is 20.3 Å². The van der Waals surface area contributed by atoms with Crippen molar-refractivity contribution < 1.29 is 38.3 Å². The molecule has 11 heteroatoms. The standard InChI is InChI=1S/C35H40N4O7/c1-38-28-16-31(45-3)30(44-2)14-22(28)13-23-20-46-29-15-25(11-12-26(29)32(23)38)39-18-24(19-39)34(41)37-27(35(42)43)17-36-33(40)21-9-7-5-4-6-8-10-21/h4-13,15,22,24,27-28,30-31H,14,16-20H2,1-3H3,(H2-,36,37,40,41,42,43)/p+1/b5-4-,6-4?,7-5?,8-6-,9-7-,10-8?,21-9?,21-10+. The van der Waals surface area contributed by atoms with Crippen molar-refractivity contribution in [2.24, 2.45) is 11.8 Å². The van der Waals surface area contributed by atoms with Crippen LogP contribution in [0.25, 0.3) is 0 Å². The van der Waals surface area contributed by atoms with Crippen molar-refractivity contribution in [3.8, 4) is 5.75 Å². The minimum absolute atomic E-state index is 0.0495. The van der Waals surface area contributed by atoms with Crippen LogP contribution in [0.2, 0.25) is 0 Å². The third-order valence-corrected chi connectivity index (χ3v) is 9.62. The lowest BCUT2D eigenvalue weighted by molar-refractivity contribution is -0.553. The van der Waals surface area contributed by atoms with Gasteiger partial charge in [0.2, 0.25) is 11.6 Å². The summed E-state index contributed by atoms with van der Waals surface area (Å²) in [6, 6.07) is 5.22. The van der Waals surface area contributed by atoms with Crippen LogP contribution in [0.4, 0.5) is 5.69 Å². The molecule has 3 N–H and O–H groups in total. The topological polar surface area (TPSA) is 129 Å². The van der Waals surface area contributed by atoms with Crippen LogP contribution in [0, 0.1) is 11.8 Å². The number of anilines is 1. The smallest absolute Gasteiger partial charge is 0.328 e. The lowest BCUT2D eigenvalue weighted by Crippen LogP contribution is -2.58. The summed E-state index contributed by atoms with van der Waals surface area (Å²) in [5.74, 6) is -1.19. The zero-order valence-corrected chi connectivity index (χ0v) is 26.3. The van der Waals surface area contributed by atoms with E-state index in [1.165, 1.54) is 11.3 Å².